The van der Waals surface area contributed by atoms with E-state index < -0.39 is 20.0 Å². The fourth-order valence-electron chi connectivity index (χ4n) is 7.20. The van der Waals surface area contributed by atoms with E-state index in [1.165, 1.54) is 180 Å². The van der Waals surface area contributed by atoms with Gasteiger partial charge in [-0.3, -0.25) is 13.8 Å². The molecule has 0 heterocycles. The number of hydrogen-bond acceptors (Lipinski definition) is 6. The summed E-state index contributed by atoms with van der Waals surface area (Å²) < 4.78 is 22.2. The number of nitrogens with one attached hydrogen (secondary N) is 1. The Morgan fingerprint density at radius 3 is 1.21 bits per heavy atom. The number of aliphatic hydroxyl groups is 1. The van der Waals surface area contributed by atoms with Crippen molar-refractivity contribution in [2.24, 2.45) is 5.73 Å². The Hall–Kier alpha value is -0.500. The summed E-state index contributed by atoms with van der Waals surface area (Å²) in [6.07, 6.45) is 44.0. The first-order chi connectivity index (χ1) is 25.9. The summed E-state index contributed by atoms with van der Waals surface area (Å²) in [5.74, 6) is -0.156. The zero-order chi connectivity index (χ0) is 38.9. The number of unbranched alkanes of at least 4 members (excludes halogenated alkanes) is 32. The number of carbonyl (C=O) groups excluding carboxylic acids is 1. The molecular weight excluding hydrogens is 683 g/mol. The van der Waals surface area contributed by atoms with Crippen LogP contribution in [0.15, 0.2) is 0 Å². The molecular formula is C44H91N2O6P. The summed E-state index contributed by atoms with van der Waals surface area (Å²) >= 11 is 0. The summed E-state index contributed by atoms with van der Waals surface area (Å²) in [4.78, 5) is 22.8. The molecule has 1 amide bonds. The molecule has 318 valence electrons. The maximum absolute atomic E-state index is 12.8. The van der Waals surface area contributed by atoms with Crippen LogP contribution < -0.4 is 11.1 Å². The molecule has 0 aliphatic heterocycles. The topological polar surface area (TPSA) is 131 Å². The molecule has 0 aromatic rings. The van der Waals surface area contributed by atoms with Gasteiger partial charge in [-0.2, -0.15) is 0 Å². The van der Waals surface area contributed by atoms with Gasteiger partial charge in [-0.05, 0) is 12.8 Å². The summed E-state index contributed by atoms with van der Waals surface area (Å²) in [5, 5.41) is 13.8. The van der Waals surface area contributed by atoms with E-state index in [0.29, 0.717) is 12.8 Å². The molecule has 0 rings (SSSR count). The molecule has 0 aliphatic carbocycles. The molecule has 0 aromatic heterocycles. The Kier molecular flexibility index (Phi) is 40.8. The average molecular weight is 775 g/mol. The van der Waals surface area contributed by atoms with Crippen molar-refractivity contribution >= 4 is 13.7 Å². The van der Waals surface area contributed by atoms with E-state index in [1.807, 2.05) is 0 Å². The van der Waals surface area contributed by atoms with Gasteiger partial charge in [-0.25, -0.2) is 4.57 Å². The highest BCUT2D eigenvalue weighted by atomic mass is 31.2. The van der Waals surface area contributed by atoms with Gasteiger partial charge in [-0.1, -0.05) is 226 Å². The van der Waals surface area contributed by atoms with E-state index in [1.54, 1.807) is 0 Å². The number of phosphoric ester groups is 1. The molecule has 9 heteroatoms. The maximum atomic E-state index is 12.8. The summed E-state index contributed by atoms with van der Waals surface area (Å²) in [6.45, 7) is 4.24. The summed E-state index contributed by atoms with van der Waals surface area (Å²) in [7, 11) is -4.31. The lowest BCUT2D eigenvalue weighted by atomic mass is 10.0. The van der Waals surface area contributed by atoms with Crippen molar-refractivity contribution in [1.82, 2.24) is 5.32 Å². The molecule has 8 nitrogen and oxygen atoms in total. The van der Waals surface area contributed by atoms with Gasteiger partial charge in [0.1, 0.15) is 0 Å². The molecule has 3 atom stereocenters. The standard InChI is InChI=1S/C44H91N2O6P/c1-3-5-7-9-11-13-15-17-19-20-21-22-23-24-26-28-30-32-34-36-38-44(48)46-42(41-52-53(49,50)51-40-39-45)43(47)37-35-33-31-29-27-25-18-16-14-12-10-8-6-4-2/h42-43,47H,3-41,45H2,1-2H3,(H,46,48)(H,49,50)/t42-,43+/m0/s1. The Morgan fingerprint density at radius 2 is 0.868 bits per heavy atom. The molecule has 1 unspecified atom stereocenters. The minimum atomic E-state index is -4.31. The van der Waals surface area contributed by atoms with Crippen LogP contribution in [0.1, 0.15) is 245 Å². The molecule has 0 spiro atoms. The number of amides is 1. The van der Waals surface area contributed by atoms with Crippen LogP contribution in [0.2, 0.25) is 0 Å². The van der Waals surface area contributed by atoms with E-state index in [2.05, 4.69) is 19.2 Å². The van der Waals surface area contributed by atoms with E-state index in [4.69, 9.17) is 14.8 Å². The molecule has 5 N–H and O–H groups in total. The average Bonchev–Trinajstić information content (AvgIpc) is 3.14. The molecule has 0 fully saturated rings. The number of aliphatic hydroxyl groups excluding tert-OH is 1. The highest BCUT2D eigenvalue weighted by Gasteiger charge is 2.27. The SMILES string of the molecule is CCCCCCCCCCCCCCCCCCCCCCC(=O)N[C@@H](COP(=O)(O)OCCN)[C@H](O)CCCCCCCCCCCCCCCC. The fourth-order valence-corrected chi connectivity index (χ4v) is 7.96. The smallest absolute Gasteiger partial charge is 0.391 e. The lowest BCUT2D eigenvalue weighted by Crippen LogP contribution is -2.46. The van der Waals surface area contributed by atoms with Crippen molar-refractivity contribution in [2.75, 3.05) is 19.8 Å². The lowest BCUT2D eigenvalue weighted by molar-refractivity contribution is -0.123. The van der Waals surface area contributed by atoms with Gasteiger partial charge in [0.15, 0.2) is 0 Å². The van der Waals surface area contributed by atoms with Crippen LogP contribution in [0.3, 0.4) is 0 Å². The Balaban J connectivity index is 4.05. The first-order valence-electron chi connectivity index (χ1n) is 23.2. The third-order valence-electron chi connectivity index (χ3n) is 10.7. The van der Waals surface area contributed by atoms with Crippen molar-refractivity contribution in [2.45, 2.75) is 257 Å². The van der Waals surface area contributed by atoms with Crippen molar-refractivity contribution < 1.29 is 28.4 Å². The molecule has 0 aliphatic rings. The van der Waals surface area contributed by atoms with Crippen molar-refractivity contribution in [3.63, 3.8) is 0 Å². The molecule has 0 bridgehead atoms. The van der Waals surface area contributed by atoms with Gasteiger partial charge in [0, 0.05) is 13.0 Å². The second-order valence-corrected chi connectivity index (χ2v) is 17.4. The monoisotopic (exact) mass is 775 g/mol. The van der Waals surface area contributed by atoms with E-state index in [0.717, 1.165) is 38.5 Å². The van der Waals surface area contributed by atoms with Crippen LogP contribution in [0, 0.1) is 0 Å². The minimum Gasteiger partial charge on any atom is -0.391 e. The zero-order valence-corrected chi connectivity index (χ0v) is 36.2. The van der Waals surface area contributed by atoms with Crippen LogP contribution in [0.25, 0.3) is 0 Å². The molecule has 0 radical (unpaired) electrons. The number of phosphoric acid groups is 1. The number of hydrogen-bond donors (Lipinski definition) is 4. The highest BCUT2D eigenvalue weighted by molar-refractivity contribution is 7.47. The number of rotatable bonds is 44. The first-order valence-corrected chi connectivity index (χ1v) is 24.6. The summed E-state index contributed by atoms with van der Waals surface area (Å²) in [5.41, 5.74) is 5.38. The lowest BCUT2D eigenvalue weighted by Gasteiger charge is -2.25. The summed E-state index contributed by atoms with van der Waals surface area (Å²) in [6, 6.07) is -0.767. The Bertz CT molecular complexity index is 804. The van der Waals surface area contributed by atoms with Crippen LogP contribution in [0.5, 0.6) is 0 Å². The predicted octanol–water partition coefficient (Wildman–Crippen LogP) is 13.0. The van der Waals surface area contributed by atoms with Gasteiger partial charge in [0.05, 0.1) is 25.4 Å². The van der Waals surface area contributed by atoms with E-state index in [-0.39, 0.29) is 25.7 Å². The third-order valence-corrected chi connectivity index (χ3v) is 11.7. The second-order valence-electron chi connectivity index (χ2n) is 16.0. The second kappa shape index (κ2) is 41.1. The molecule has 53 heavy (non-hydrogen) atoms. The molecule has 0 saturated heterocycles. The van der Waals surface area contributed by atoms with Gasteiger partial charge >= 0.3 is 7.82 Å². The van der Waals surface area contributed by atoms with Crippen LogP contribution in [0.4, 0.5) is 0 Å². The quantitative estimate of drug-likeness (QED) is 0.0358. The first kappa shape index (κ1) is 52.5. The van der Waals surface area contributed by atoms with Crippen molar-refractivity contribution in [1.29, 1.82) is 0 Å². The van der Waals surface area contributed by atoms with Gasteiger partial charge in [0.2, 0.25) is 5.91 Å². The highest BCUT2D eigenvalue weighted by Crippen LogP contribution is 2.43. The minimum absolute atomic E-state index is 0.0926. The molecule has 0 saturated carbocycles. The van der Waals surface area contributed by atoms with E-state index in [9.17, 15) is 19.4 Å². The van der Waals surface area contributed by atoms with Gasteiger partial charge in [0.25, 0.3) is 0 Å². The maximum Gasteiger partial charge on any atom is 0.472 e. The third kappa shape index (κ3) is 39.5. The molecule has 0 aromatic carbocycles. The van der Waals surface area contributed by atoms with Crippen molar-refractivity contribution in [3.8, 4) is 0 Å². The van der Waals surface area contributed by atoms with Crippen LogP contribution in [-0.2, 0) is 18.4 Å². The number of carbonyl (C=O) groups is 1. The van der Waals surface area contributed by atoms with E-state index >= 15 is 0 Å². The van der Waals surface area contributed by atoms with Gasteiger partial charge in [-0.15, -0.1) is 0 Å². The largest absolute Gasteiger partial charge is 0.472 e. The van der Waals surface area contributed by atoms with Crippen LogP contribution >= 0.6 is 7.82 Å². The predicted molar refractivity (Wildman–Crippen MR) is 226 cm³/mol. The Morgan fingerprint density at radius 1 is 0.547 bits per heavy atom. The fraction of sp³-hybridized carbons (Fsp3) is 0.977. The van der Waals surface area contributed by atoms with Crippen LogP contribution in [-0.4, -0.2) is 47.8 Å². The number of nitrogens with two attached hydrogens (primary N) is 1. The normalized spacial score (nSPS) is 14.0. The Labute approximate surface area is 329 Å². The van der Waals surface area contributed by atoms with Crippen molar-refractivity contribution in [3.05, 3.63) is 0 Å². The van der Waals surface area contributed by atoms with Gasteiger partial charge < -0.3 is 21.1 Å². The zero-order valence-electron chi connectivity index (χ0n) is 35.3.